The van der Waals surface area contributed by atoms with E-state index in [9.17, 15) is 0 Å². The Morgan fingerprint density at radius 1 is 0.800 bits per heavy atom. The summed E-state index contributed by atoms with van der Waals surface area (Å²) in [6.45, 7) is 4.90. The summed E-state index contributed by atoms with van der Waals surface area (Å²) in [6.07, 6.45) is 1.47. The molecule has 0 aromatic carbocycles. The quantitative estimate of drug-likeness (QED) is 0.591. The molecule has 0 saturated carbocycles. The minimum absolute atomic E-state index is 0.922. The Morgan fingerprint density at radius 2 is 1.47 bits per heavy atom. The Morgan fingerprint density at radius 3 is 2.33 bits per heavy atom. The van der Waals surface area contributed by atoms with Crippen molar-refractivity contribution in [1.82, 2.24) is 0 Å². The summed E-state index contributed by atoms with van der Waals surface area (Å²) < 4.78 is 0. The van der Waals surface area contributed by atoms with Crippen LogP contribution in [0.5, 0.6) is 0 Å². The maximum absolute atomic E-state index is 2.47. The summed E-state index contributed by atoms with van der Waals surface area (Å²) in [4.78, 5) is 0. The fraction of sp³-hybridized carbons (Fsp3) is 1.00. The van der Waals surface area contributed by atoms with Crippen LogP contribution in [0, 0.1) is 23.7 Å². The van der Waals surface area contributed by atoms with Crippen LogP contribution in [0.3, 0.4) is 0 Å². The predicted molar refractivity (Wildman–Crippen MR) is 79.8 cm³/mol. The van der Waals surface area contributed by atoms with E-state index in [1.165, 1.54) is 29.4 Å². The van der Waals surface area contributed by atoms with Crippen molar-refractivity contribution in [1.29, 1.82) is 0 Å². The van der Waals surface area contributed by atoms with Gasteiger partial charge in [-0.05, 0) is 30.1 Å². The highest BCUT2D eigenvalue weighted by atomic mass is 33.1. The van der Waals surface area contributed by atoms with Crippen molar-refractivity contribution in [3.8, 4) is 0 Å². The van der Waals surface area contributed by atoms with Gasteiger partial charge in [-0.1, -0.05) is 57.0 Å². The standard InChI is InChI=1S/C11H20S4/c1-8-3-10-6-14-13-5-9(2)11(10)7-15-12-4-8/h8-11H,3-7H2,1-2H3. The molecule has 2 aliphatic heterocycles. The van der Waals surface area contributed by atoms with Gasteiger partial charge in [0.2, 0.25) is 0 Å². The van der Waals surface area contributed by atoms with Crippen molar-refractivity contribution in [2.45, 2.75) is 20.3 Å². The van der Waals surface area contributed by atoms with Gasteiger partial charge in [-0.25, -0.2) is 0 Å². The van der Waals surface area contributed by atoms with E-state index in [0.717, 1.165) is 23.7 Å². The topological polar surface area (TPSA) is 0 Å². The van der Waals surface area contributed by atoms with E-state index < -0.39 is 0 Å². The normalized spacial score (nSPS) is 43.6. The summed E-state index contributed by atoms with van der Waals surface area (Å²) in [6, 6.07) is 0. The van der Waals surface area contributed by atoms with Gasteiger partial charge >= 0.3 is 0 Å². The summed E-state index contributed by atoms with van der Waals surface area (Å²) in [7, 11) is 8.46. The maximum Gasteiger partial charge on any atom is 0.00711 e. The van der Waals surface area contributed by atoms with E-state index in [4.69, 9.17) is 0 Å². The highest BCUT2D eigenvalue weighted by Gasteiger charge is 2.31. The van der Waals surface area contributed by atoms with Crippen LogP contribution in [0.4, 0.5) is 0 Å². The lowest BCUT2D eigenvalue weighted by molar-refractivity contribution is 0.274. The van der Waals surface area contributed by atoms with E-state index in [0.29, 0.717) is 0 Å². The van der Waals surface area contributed by atoms with Crippen LogP contribution in [0.25, 0.3) is 0 Å². The largest absolute Gasteiger partial charge is 0.0939 e. The molecule has 0 radical (unpaired) electrons. The Labute approximate surface area is 110 Å². The fourth-order valence-corrected chi connectivity index (χ4v) is 8.44. The lowest BCUT2D eigenvalue weighted by atomic mass is 9.81. The van der Waals surface area contributed by atoms with E-state index in [-0.39, 0.29) is 0 Å². The zero-order valence-corrected chi connectivity index (χ0v) is 12.7. The average molecular weight is 281 g/mol. The molecule has 4 unspecified atom stereocenters. The van der Waals surface area contributed by atoms with Gasteiger partial charge in [-0.3, -0.25) is 0 Å². The van der Waals surface area contributed by atoms with Gasteiger partial charge in [0.1, 0.15) is 0 Å². The molecule has 2 heterocycles. The second-order valence-corrected chi connectivity index (χ2v) is 9.98. The molecule has 0 aliphatic carbocycles. The minimum Gasteiger partial charge on any atom is -0.0939 e. The highest BCUT2D eigenvalue weighted by Crippen LogP contribution is 2.45. The lowest BCUT2D eigenvalue weighted by Crippen LogP contribution is -2.28. The Bertz CT molecular complexity index is 197. The predicted octanol–water partition coefficient (Wildman–Crippen LogP) is 4.67. The van der Waals surface area contributed by atoms with Crippen molar-refractivity contribution in [2.24, 2.45) is 23.7 Å². The van der Waals surface area contributed by atoms with Crippen LogP contribution in [0.2, 0.25) is 0 Å². The fourth-order valence-electron chi connectivity index (χ4n) is 2.42. The van der Waals surface area contributed by atoms with Crippen molar-refractivity contribution in [2.75, 3.05) is 23.0 Å². The molecule has 2 aliphatic rings. The molecule has 0 spiro atoms. The van der Waals surface area contributed by atoms with Crippen molar-refractivity contribution in [3.63, 3.8) is 0 Å². The van der Waals surface area contributed by atoms with E-state index in [1.807, 2.05) is 0 Å². The third-order valence-electron chi connectivity index (χ3n) is 3.43. The first-order valence-corrected chi connectivity index (χ1v) is 10.7. The van der Waals surface area contributed by atoms with Crippen LogP contribution in [-0.2, 0) is 0 Å². The van der Waals surface area contributed by atoms with Gasteiger partial charge in [-0.2, -0.15) is 0 Å². The van der Waals surface area contributed by atoms with E-state index in [2.05, 4.69) is 57.0 Å². The lowest BCUT2D eigenvalue weighted by Gasteiger charge is -2.32. The SMILES string of the molecule is CC1CSSCC2C(C)CSSCC2C1. The van der Waals surface area contributed by atoms with Gasteiger partial charge in [-0.15, -0.1) is 0 Å². The van der Waals surface area contributed by atoms with Gasteiger partial charge < -0.3 is 0 Å². The summed E-state index contributed by atoms with van der Waals surface area (Å²) in [5, 5.41) is 0. The molecule has 15 heavy (non-hydrogen) atoms. The third-order valence-corrected chi connectivity index (χ3v) is 8.85. The Hall–Kier alpha value is 1.40. The number of hydrogen-bond acceptors (Lipinski definition) is 4. The molecule has 88 valence electrons. The average Bonchev–Trinajstić information content (AvgIpc) is 2.33. The van der Waals surface area contributed by atoms with Crippen LogP contribution >= 0.6 is 43.2 Å². The molecule has 0 nitrogen and oxygen atoms in total. The number of fused-ring (bicyclic) bond motifs is 1. The van der Waals surface area contributed by atoms with E-state index in [1.54, 1.807) is 0 Å². The molecule has 0 aromatic heterocycles. The number of rotatable bonds is 0. The first-order valence-electron chi connectivity index (χ1n) is 5.76. The van der Waals surface area contributed by atoms with Crippen LogP contribution in [0.1, 0.15) is 20.3 Å². The molecule has 0 aromatic rings. The molecule has 4 heteroatoms. The second kappa shape index (κ2) is 6.36. The van der Waals surface area contributed by atoms with Crippen molar-refractivity contribution in [3.05, 3.63) is 0 Å². The summed E-state index contributed by atoms with van der Waals surface area (Å²) >= 11 is 0. The summed E-state index contributed by atoms with van der Waals surface area (Å²) in [5.74, 6) is 9.33. The molecule has 0 N–H and O–H groups in total. The summed E-state index contributed by atoms with van der Waals surface area (Å²) in [5.41, 5.74) is 0. The van der Waals surface area contributed by atoms with Crippen molar-refractivity contribution >= 4 is 43.2 Å². The van der Waals surface area contributed by atoms with Crippen LogP contribution in [-0.4, -0.2) is 23.0 Å². The van der Waals surface area contributed by atoms with Crippen LogP contribution in [0.15, 0.2) is 0 Å². The molecule has 2 rings (SSSR count). The maximum atomic E-state index is 2.47. The van der Waals surface area contributed by atoms with Crippen molar-refractivity contribution < 1.29 is 0 Å². The Balaban J connectivity index is 2.03. The third kappa shape index (κ3) is 3.68. The van der Waals surface area contributed by atoms with E-state index >= 15 is 0 Å². The molecule has 4 atom stereocenters. The van der Waals surface area contributed by atoms with Gasteiger partial charge in [0, 0.05) is 23.0 Å². The molecule has 0 bridgehead atoms. The zero-order valence-electron chi connectivity index (χ0n) is 9.48. The molecular weight excluding hydrogens is 260 g/mol. The zero-order chi connectivity index (χ0) is 10.7. The van der Waals surface area contributed by atoms with Gasteiger partial charge in [0.25, 0.3) is 0 Å². The first kappa shape index (κ1) is 12.8. The second-order valence-electron chi connectivity index (χ2n) is 4.88. The molecule has 2 saturated heterocycles. The molecule has 0 amide bonds. The van der Waals surface area contributed by atoms with Gasteiger partial charge in [0.05, 0.1) is 0 Å². The minimum atomic E-state index is 0.922. The highest BCUT2D eigenvalue weighted by molar-refractivity contribution is 8.77. The molecule has 2 fully saturated rings. The number of hydrogen-bond donors (Lipinski definition) is 0. The molecular formula is C11H20S4. The monoisotopic (exact) mass is 280 g/mol. The smallest absolute Gasteiger partial charge is 0.00711 e. The van der Waals surface area contributed by atoms with Gasteiger partial charge in [0.15, 0.2) is 0 Å². The van der Waals surface area contributed by atoms with Crippen LogP contribution < -0.4 is 0 Å². The first-order chi connectivity index (χ1) is 7.27. The Kier molecular flexibility index (Phi) is 5.45.